The molecular weight excluding hydrogens is 176 g/mol. The second-order valence-electron chi connectivity index (χ2n) is 4.58. The van der Waals surface area contributed by atoms with Gasteiger partial charge in [-0.3, -0.25) is 0 Å². The van der Waals surface area contributed by atoms with Crippen LogP contribution in [-0.4, -0.2) is 23.9 Å². The lowest BCUT2D eigenvalue weighted by atomic mass is 9.83. The summed E-state index contributed by atoms with van der Waals surface area (Å²) in [5.74, 6) is 0.679. The standard InChI is InChI=1S/C12H24O2/c1-3-11(4-2)10-12(13)6-5-8-14-9-7-12/h11,13H,3-10H2,1-2H3. The molecule has 0 saturated carbocycles. The molecule has 14 heavy (non-hydrogen) atoms. The predicted molar refractivity (Wildman–Crippen MR) is 58.3 cm³/mol. The molecule has 1 aliphatic rings. The first-order valence-corrected chi connectivity index (χ1v) is 6.00. The van der Waals surface area contributed by atoms with Crippen LogP contribution in [0.25, 0.3) is 0 Å². The molecule has 1 N–H and O–H groups in total. The van der Waals surface area contributed by atoms with Gasteiger partial charge >= 0.3 is 0 Å². The van der Waals surface area contributed by atoms with E-state index in [9.17, 15) is 5.11 Å². The van der Waals surface area contributed by atoms with Crippen molar-refractivity contribution in [3.8, 4) is 0 Å². The van der Waals surface area contributed by atoms with Crippen molar-refractivity contribution in [1.82, 2.24) is 0 Å². The fraction of sp³-hybridized carbons (Fsp3) is 1.00. The van der Waals surface area contributed by atoms with E-state index in [2.05, 4.69) is 13.8 Å². The summed E-state index contributed by atoms with van der Waals surface area (Å²) in [4.78, 5) is 0. The lowest BCUT2D eigenvalue weighted by Crippen LogP contribution is -2.31. The van der Waals surface area contributed by atoms with Crippen LogP contribution in [-0.2, 0) is 4.74 Å². The van der Waals surface area contributed by atoms with Crippen molar-refractivity contribution in [2.24, 2.45) is 5.92 Å². The molecule has 84 valence electrons. The highest BCUT2D eigenvalue weighted by Crippen LogP contribution is 2.30. The molecule has 1 heterocycles. The maximum atomic E-state index is 10.4. The van der Waals surface area contributed by atoms with Crippen molar-refractivity contribution in [2.75, 3.05) is 13.2 Å². The molecule has 2 heteroatoms. The Bertz CT molecular complexity index is 144. The van der Waals surface area contributed by atoms with Gasteiger partial charge in [-0.1, -0.05) is 26.7 Å². The zero-order chi connectivity index (χ0) is 10.4. The summed E-state index contributed by atoms with van der Waals surface area (Å²) in [6.45, 7) is 5.98. The van der Waals surface area contributed by atoms with E-state index in [4.69, 9.17) is 4.74 Å². The molecule has 1 fully saturated rings. The van der Waals surface area contributed by atoms with Crippen LogP contribution in [0.5, 0.6) is 0 Å². The Morgan fingerprint density at radius 3 is 2.57 bits per heavy atom. The van der Waals surface area contributed by atoms with Crippen molar-refractivity contribution in [3.63, 3.8) is 0 Å². The zero-order valence-corrected chi connectivity index (χ0v) is 9.59. The summed E-state index contributed by atoms with van der Waals surface area (Å²) < 4.78 is 5.38. The van der Waals surface area contributed by atoms with Crippen molar-refractivity contribution in [1.29, 1.82) is 0 Å². The van der Waals surface area contributed by atoms with Crippen LogP contribution in [0, 0.1) is 5.92 Å². The zero-order valence-electron chi connectivity index (χ0n) is 9.59. The van der Waals surface area contributed by atoms with Gasteiger partial charge in [0.1, 0.15) is 0 Å². The average Bonchev–Trinajstić information content (AvgIpc) is 2.40. The van der Waals surface area contributed by atoms with E-state index in [1.165, 1.54) is 12.8 Å². The first kappa shape index (κ1) is 12.0. The molecule has 0 bridgehead atoms. The second-order valence-corrected chi connectivity index (χ2v) is 4.58. The summed E-state index contributed by atoms with van der Waals surface area (Å²) in [5, 5.41) is 10.4. The summed E-state index contributed by atoms with van der Waals surface area (Å²) in [7, 11) is 0. The van der Waals surface area contributed by atoms with Gasteiger partial charge in [-0.2, -0.15) is 0 Å². The number of ether oxygens (including phenoxy) is 1. The quantitative estimate of drug-likeness (QED) is 0.756. The van der Waals surface area contributed by atoms with E-state index in [1.807, 2.05) is 0 Å². The van der Waals surface area contributed by atoms with E-state index < -0.39 is 5.60 Å². The van der Waals surface area contributed by atoms with Crippen LogP contribution in [0.1, 0.15) is 52.4 Å². The monoisotopic (exact) mass is 200 g/mol. The van der Waals surface area contributed by atoms with Crippen LogP contribution in [0.2, 0.25) is 0 Å². The smallest absolute Gasteiger partial charge is 0.0673 e. The van der Waals surface area contributed by atoms with Crippen molar-refractivity contribution in [3.05, 3.63) is 0 Å². The van der Waals surface area contributed by atoms with Crippen molar-refractivity contribution in [2.45, 2.75) is 58.0 Å². The number of rotatable bonds is 4. The fourth-order valence-electron chi connectivity index (χ4n) is 2.31. The summed E-state index contributed by atoms with van der Waals surface area (Å²) in [6, 6.07) is 0. The lowest BCUT2D eigenvalue weighted by molar-refractivity contribution is -0.00453. The van der Waals surface area contributed by atoms with Gasteiger partial charge in [0.2, 0.25) is 0 Å². The minimum absolute atomic E-state index is 0.437. The Morgan fingerprint density at radius 1 is 1.21 bits per heavy atom. The molecule has 0 aromatic heterocycles. The largest absolute Gasteiger partial charge is 0.390 e. The molecule has 0 radical (unpaired) electrons. The Hall–Kier alpha value is -0.0800. The van der Waals surface area contributed by atoms with Gasteiger partial charge in [-0.25, -0.2) is 0 Å². The molecule has 1 aliphatic heterocycles. The van der Waals surface area contributed by atoms with E-state index >= 15 is 0 Å². The average molecular weight is 200 g/mol. The molecule has 1 saturated heterocycles. The van der Waals surface area contributed by atoms with Gasteiger partial charge in [0.05, 0.1) is 5.60 Å². The van der Waals surface area contributed by atoms with E-state index in [0.717, 1.165) is 38.9 Å². The molecule has 0 aromatic rings. The van der Waals surface area contributed by atoms with Gasteiger partial charge in [0.25, 0.3) is 0 Å². The molecule has 0 aliphatic carbocycles. The predicted octanol–water partition coefficient (Wildman–Crippen LogP) is 2.74. The molecule has 1 unspecified atom stereocenters. The first-order valence-electron chi connectivity index (χ1n) is 6.00. The highest BCUT2D eigenvalue weighted by Gasteiger charge is 2.30. The van der Waals surface area contributed by atoms with Gasteiger partial charge in [-0.15, -0.1) is 0 Å². The topological polar surface area (TPSA) is 29.5 Å². The highest BCUT2D eigenvalue weighted by atomic mass is 16.5. The van der Waals surface area contributed by atoms with Crippen LogP contribution in [0.4, 0.5) is 0 Å². The van der Waals surface area contributed by atoms with E-state index in [-0.39, 0.29) is 0 Å². The van der Waals surface area contributed by atoms with Crippen LogP contribution in [0.3, 0.4) is 0 Å². The first-order chi connectivity index (χ1) is 6.70. The number of hydrogen-bond acceptors (Lipinski definition) is 2. The highest BCUT2D eigenvalue weighted by molar-refractivity contribution is 4.82. The van der Waals surface area contributed by atoms with Crippen LogP contribution < -0.4 is 0 Å². The molecule has 0 aromatic carbocycles. The van der Waals surface area contributed by atoms with Crippen molar-refractivity contribution >= 4 is 0 Å². The van der Waals surface area contributed by atoms with Gasteiger partial charge in [0, 0.05) is 13.2 Å². The number of aliphatic hydroxyl groups is 1. The van der Waals surface area contributed by atoms with E-state index in [1.54, 1.807) is 0 Å². The summed E-state index contributed by atoms with van der Waals surface area (Å²) >= 11 is 0. The molecule has 0 amide bonds. The maximum Gasteiger partial charge on any atom is 0.0673 e. The SMILES string of the molecule is CCC(CC)CC1(O)CCCOCC1. The summed E-state index contributed by atoms with van der Waals surface area (Å²) in [5.41, 5.74) is -0.437. The lowest BCUT2D eigenvalue weighted by Gasteiger charge is -2.29. The minimum Gasteiger partial charge on any atom is -0.390 e. The molecular formula is C12H24O2. The Morgan fingerprint density at radius 2 is 1.93 bits per heavy atom. The maximum absolute atomic E-state index is 10.4. The van der Waals surface area contributed by atoms with E-state index in [0.29, 0.717) is 5.92 Å². The molecule has 1 rings (SSSR count). The molecule has 2 nitrogen and oxygen atoms in total. The third-order valence-electron chi connectivity index (χ3n) is 3.47. The van der Waals surface area contributed by atoms with Gasteiger partial charge in [-0.05, 0) is 31.6 Å². The van der Waals surface area contributed by atoms with Gasteiger partial charge in [0.15, 0.2) is 0 Å². The summed E-state index contributed by atoms with van der Waals surface area (Å²) in [6.07, 6.45) is 6.08. The fourth-order valence-corrected chi connectivity index (χ4v) is 2.31. The Balaban J connectivity index is 2.44. The third kappa shape index (κ3) is 3.58. The molecule has 0 spiro atoms. The Kier molecular flexibility index (Phi) is 4.90. The van der Waals surface area contributed by atoms with Crippen LogP contribution >= 0.6 is 0 Å². The van der Waals surface area contributed by atoms with Gasteiger partial charge < -0.3 is 9.84 Å². The van der Waals surface area contributed by atoms with Crippen LogP contribution in [0.15, 0.2) is 0 Å². The molecule has 1 atom stereocenters. The Labute approximate surface area is 87.7 Å². The normalized spacial score (nSPS) is 29.1. The number of hydrogen-bond donors (Lipinski definition) is 1. The minimum atomic E-state index is -0.437. The third-order valence-corrected chi connectivity index (χ3v) is 3.47. The second kappa shape index (κ2) is 5.72. The van der Waals surface area contributed by atoms with Crippen molar-refractivity contribution < 1.29 is 9.84 Å².